The minimum atomic E-state index is -1.19. The second kappa shape index (κ2) is 11.3. The summed E-state index contributed by atoms with van der Waals surface area (Å²) in [6.45, 7) is 3.05. The van der Waals surface area contributed by atoms with E-state index in [1.54, 1.807) is 0 Å². The molecule has 1 saturated heterocycles. The molecule has 3 aliphatic carbocycles. The maximum Gasteiger partial charge on any atom is 0.329 e. The number of ether oxygens (including phenoxy) is 1. The zero-order valence-electron chi connectivity index (χ0n) is 23.6. The summed E-state index contributed by atoms with van der Waals surface area (Å²) in [5.74, 6) is -4.91. The van der Waals surface area contributed by atoms with Crippen LogP contribution in [0.1, 0.15) is 64.7 Å². The fraction of sp³-hybridized carbons (Fsp3) is 0.303. The van der Waals surface area contributed by atoms with Gasteiger partial charge in [0.25, 0.3) is 11.8 Å². The minimum Gasteiger partial charge on any atom is -0.454 e. The number of benzene rings is 3. The average molecular weight is 600 g/mol. The van der Waals surface area contributed by atoms with Crippen molar-refractivity contribution in [1.29, 1.82) is 0 Å². The summed E-state index contributed by atoms with van der Waals surface area (Å²) in [6.07, 6.45) is 0.180. The first-order valence-electron chi connectivity index (χ1n) is 14.2. The second-order valence-corrected chi connectivity index (χ2v) is 12.0. The summed E-state index contributed by atoms with van der Waals surface area (Å²) in [7, 11) is 0. The van der Waals surface area contributed by atoms with Crippen molar-refractivity contribution in [1.82, 2.24) is 15.8 Å². The summed E-state index contributed by atoms with van der Waals surface area (Å²) in [6, 6.07) is 20.7. The van der Waals surface area contributed by atoms with Crippen LogP contribution in [-0.2, 0) is 23.9 Å². The van der Waals surface area contributed by atoms with Gasteiger partial charge >= 0.3 is 5.97 Å². The van der Waals surface area contributed by atoms with E-state index in [9.17, 15) is 24.0 Å². The Labute approximate surface area is 253 Å². The lowest BCUT2D eigenvalue weighted by Gasteiger charge is -2.45. The SMILES string of the molecule is CC(C)C[C@H](C(=O)OCC(=O)NNC(=O)c1ccc(Cl)cc1)N1C(=O)[C@@H]2C3c4ccccc4C(c4ccccc43)[C@@H]2C1=O. The highest BCUT2D eigenvalue weighted by Gasteiger charge is 2.63. The van der Waals surface area contributed by atoms with Crippen molar-refractivity contribution >= 4 is 41.2 Å². The molecule has 10 heteroatoms. The number of rotatable bonds is 7. The monoisotopic (exact) mass is 599 g/mol. The number of hydrazine groups is 1. The number of carbonyl (C=O) groups is 5. The van der Waals surface area contributed by atoms with Gasteiger partial charge in [-0.15, -0.1) is 0 Å². The number of hydrogen-bond acceptors (Lipinski definition) is 6. The molecule has 4 aliphatic rings. The molecule has 1 fully saturated rings. The smallest absolute Gasteiger partial charge is 0.329 e. The Morgan fingerprint density at radius 3 is 1.74 bits per heavy atom. The summed E-state index contributed by atoms with van der Waals surface area (Å²) in [5, 5.41) is 0.458. The summed E-state index contributed by atoms with van der Waals surface area (Å²) < 4.78 is 5.31. The first kappa shape index (κ1) is 28.6. The van der Waals surface area contributed by atoms with Gasteiger partial charge in [-0.2, -0.15) is 0 Å². The highest BCUT2D eigenvalue weighted by atomic mass is 35.5. The zero-order valence-corrected chi connectivity index (χ0v) is 24.3. The molecule has 43 heavy (non-hydrogen) atoms. The molecule has 220 valence electrons. The van der Waals surface area contributed by atoms with E-state index in [0.29, 0.717) is 5.02 Å². The summed E-state index contributed by atoms with van der Waals surface area (Å²) in [4.78, 5) is 67.4. The third kappa shape index (κ3) is 4.97. The van der Waals surface area contributed by atoms with Gasteiger partial charge in [-0.05, 0) is 58.9 Å². The number of amides is 4. The average Bonchev–Trinajstić information content (AvgIpc) is 3.27. The van der Waals surface area contributed by atoms with Crippen molar-refractivity contribution in [2.45, 2.75) is 38.1 Å². The number of carbonyl (C=O) groups excluding carboxylic acids is 5. The molecule has 2 N–H and O–H groups in total. The van der Waals surface area contributed by atoms with Gasteiger partial charge in [0.2, 0.25) is 11.8 Å². The van der Waals surface area contributed by atoms with Gasteiger partial charge in [0, 0.05) is 22.4 Å². The summed E-state index contributed by atoms with van der Waals surface area (Å²) in [5.41, 5.74) is 8.87. The van der Waals surface area contributed by atoms with Crippen molar-refractivity contribution in [2.75, 3.05) is 6.61 Å². The first-order chi connectivity index (χ1) is 20.7. The van der Waals surface area contributed by atoms with E-state index in [4.69, 9.17) is 16.3 Å². The molecule has 7 rings (SSSR count). The number of halogens is 1. The summed E-state index contributed by atoms with van der Waals surface area (Å²) >= 11 is 5.84. The molecular weight excluding hydrogens is 570 g/mol. The molecule has 0 unspecified atom stereocenters. The lowest BCUT2D eigenvalue weighted by atomic mass is 9.55. The molecule has 0 saturated carbocycles. The van der Waals surface area contributed by atoms with E-state index < -0.39 is 54.1 Å². The highest BCUT2D eigenvalue weighted by molar-refractivity contribution is 6.30. The normalized spacial score (nSPS) is 22.0. The predicted octanol–water partition coefficient (Wildman–Crippen LogP) is 3.95. The van der Waals surface area contributed by atoms with E-state index in [2.05, 4.69) is 10.9 Å². The fourth-order valence-electron chi connectivity index (χ4n) is 6.83. The number of hydrogen-bond donors (Lipinski definition) is 2. The van der Waals surface area contributed by atoms with E-state index in [1.165, 1.54) is 24.3 Å². The van der Waals surface area contributed by atoms with Crippen molar-refractivity contribution < 1.29 is 28.7 Å². The Morgan fingerprint density at radius 2 is 1.28 bits per heavy atom. The van der Waals surface area contributed by atoms with Gasteiger partial charge in [0.15, 0.2) is 6.61 Å². The van der Waals surface area contributed by atoms with Crippen molar-refractivity contribution in [3.63, 3.8) is 0 Å². The molecule has 9 nitrogen and oxygen atoms in total. The first-order valence-corrected chi connectivity index (χ1v) is 14.6. The molecule has 3 aromatic carbocycles. The molecule has 4 amide bonds. The Balaban J connectivity index is 1.19. The van der Waals surface area contributed by atoms with Crippen LogP contribution in [0, 0.1) is 17.8 Å². The van der Waals surface area contributed by atoms with Crippen LogP contribution in [0.2, 0.25) is 5.02 Å². The van der Waals surface area contributed by atoms with Crippen LogP contribution in [0.25, 0.3) is 0 Å². The predicted molar refractivity (Wildman–Crippen MR) is 157 cm³/mol. The van der Waals surface area contributed by atoms with Crippen LogP contribution >= 0.6 is 11.6 Å². The van der Waals surface area contributed by atoms with Crippen LogP contribution < -0.4 is 10.9 Å². The molecule has 0 radical (unpaired) electrons. The van der Waals surface area contributed by atoms with Crippen molar-refractivity contribution in [2.24, 2.45) is 17.8 Å². The molecule has 0 aromatic heterocycles. The van der Waals surface area contributed by atoms with E-state index >= 15 is 0 Å². The number of esters is 1. The van der Waals surface area contributed by atoms with Gasteiger partial charge in [0.05, 0.1) is 11.8 Å². The Hall–Kier alpha value is -4.50. The molecular formula is C33H30ClN3O6. The van der Waals surface area contributed by atoms with Crippen LogP contribution in [0.5, 0.6) is 0 Å². The lowest BCUT2D eigenvalue weighted by molar-refractivity contribution is -0.161. The number of likely N-dealkylation sites (tertiary alicyclic amines) is 1. The number of imide groups is 1. The lowest BCUT2D eigenvalue weighted by Crippen LogP contribution is -2.48. The molecule has 0 spiro atoms. The van der Waals surface area contributed by atoms with Gasteiger partial charge in [-0.25, -0.2) is 4.79 Å². The highest BCUT2D eigenvalue weighted by Crippen LogP contribution is 2.61. The zero-order chi connectivity index (χ0) is 30.4. The molecule has 1 heterocycles. The van der Waals surface area contributed by atoms with E-state index in [-0.39, 0.29) is 29.7 Å². The minimum absolute atomic E-state index is 0.0561. The third-order valence-corrected chi connectivity index (χ3v) is 8.78. The Morgan fingerprint density at radius 1 is 0.791 bits per heavy atom. The van der Waals surface area contributed by atoms with Crippen LogP contribution in [0.3, 0.4) is 0 Å². The number of nitrogens with one attached hydrogen (secondary N) is 2. The molecule has 3 aromatic rings. The van der Waals surface area contributed by atoms with E-state index in [0.717, 1.165) is 27.2 Å². The maximum absolute atomic E-state index is 14.1. The topological polar surface area (TPSA) is 122 Å². The fourth-order valence-corrected chi connectivity index (χ4v) is 6.96. The third-order valence-electron chi connectivity index (χ3n) is 8.53. The second-order valence-electron chi connectivity index (χ2n) is 11.6. The molecule has 2 bridgehead atoms. The Kier molecular flexibility index (Phi) is 7.52. The van der Waals surface area contributed by atoms with Gasteiger partial charge in [-0.1, -0.05) is 74.0 Å². The van der Waals surface area contributed by atoms with Gasteiger partial charge < -0.3 is 4.74 Å². The van der Waals surface area contributed by atoms with E-state index in [1.807, 2.05) is 62.4 Å². The molecule has 3 atom stereocenters. The van der Waals surface area contributed by atoms with Crippen LogP contribution in [0.15, 0.2) is 72.8 Å². The number of nitrogens with zero attached hydrogens (tertiary/aromatic N) is 1. The standard InChI is InChI=1S/C33H30ClN3O6/c1-17(2)15-24(33(42)43-16-25(38)35-36-30(39)18-11-13-19(34)14-12-18)37-31(40)28-26-20-7-3-4-8-21(20)27(29(28)32(37)41)23-10-6-5-9-22(23)26/h3-14,17,24,26-29H,15-16H2,1-2H3,(H,35,38)(H,36,39)/t24-,26?,27?,28-,29+/m1/s1. The molecule has 1 aliphatic heterocycles. The quantitative estimate of drug-likeness (QED) is 0.241. The van der Waals surface area contributed by atoms with Crippen LogP contribution in [-0.4, -0.2) is 47.1 Å². The maximum atomic E-state index is 14.1. The van der Waals surface area contributed by atoms with Gasteiger partial charge in [0.1, 0.15) is 6.04 Å². The van der Waals surface area contributed by atoms with Crippen molar-refractivity contribution in [3.05, 3.63) is 106 Å². The van der Waals surface area contributed by atoms with Crippen molar-refractivity contribution in [3.8, 4) is 0 Å². The largest absolute Gasteiger partial charge is 0.454 e. The van der Waals surface area contributed by atoms with Crippen LogP contribution in [0.4, 0.5) is 0 Å². The van der Waals surface area contributed by atoms with Gasteiger partial charge in [-0.3, -0.25) is 34.9 Å². The Bertz CT molecular complexity index is 1520.